The van der Waals surface area contributed by atoms with Crippen molar-refractivity contribution in [3.05, 3.63) is 70.3 Å². The zero-order chi connectivity index (χ0) is 24.7. The molecule has 1 N–H and O–H groups in total. The first kappa shape index (κ1) is 23.4. The van der Waals surface area contributed by atoms with Crippen LogP contribution in [0.15, 0.2) is 42.5 Å². The van der Waals surface area contributed by atoms with Gasteiger partial charge in [0, 0.05) is 31.6 Å². The van der Waals surface area contributed by atoms with Gasteiger partial charge in [-0.1, -0.05) is 36.4 Å². The van der Waals surface area contributed by atoms with Gasteiger partial charge in [0.15, 0.2) is 0 Å². The van der Waals surface area contributed by atoms with Gasteiger partial charge in [-0.05, 0) is 73.4 Å². The highest BCUT2D eigenvalue weighted by molar-refractivity contribution is 6.05. The molecule has 0 saturated carbocycles. The molecule has 0 radical (unpaired) electrons. The highest BCUT2D eigenvalue weighted by atomic mass is 16.5. The number of unbranched alkanes of at least 4 members (excludes halogenated alkanes) is 1. The monoisotopic (exact) mass is 487 g/mol. The van der Waals surface area contributed by atoms with Crippen molar-refractivity contribution in [3.63, 3.8) is 0 Å². The summed E-state index contributed by atoms with van der Waals surface area (Å²) in [6.45, 7) is 4.39. The molecular weight excluding hydrogens is 454 g/mol. The minimum atomic E-state index is -0.561. The van der Waals surface area contributed by atoms with Crippen molar-refractivity contribution in [2.45, 2.75) is 69.7 Å². The van der Waals surface area contributed by atoms with E-state index >= 15 is 0 Å². The highest BCUT2D eigenvalue weighted by Gasteiger charge is 2.42. The van der Waals surface area contributed by atoms with Crippen molar-refractivity contribution in [2.24, 2.45) is 0 Å². The van der Waals surface area contributed by atoms with Crippen molar-refractivity contribution in [2.75, 3.05) is 19.6 Å². The van der Waals surface area contributed by atoms with Crippen LogP contribution in [0.5, 0.6) is 0 Å². The van der Waals surface area contributed by atoms with E-state index in [2.05, 4.69) is 40.5 Å². The summed E-state index contributed by atoms with van der Waals surface area (Å²) in [6, 6.07) is 14.0. The molecule has 188 valence electrons. The molecule has 1 atom stereocenters. The average Bonchev–Trinajstić information content (AvgIpc) is 3.42. The Morgan fingerprint density at radius 3 is 2.67 bits per heavy atom. The smallest absolute Gasteiger partial charge is 0.255 e. The predicted molar refractivity (Wildman–Crippen MR) is 134 cm³/mol. The fourth-order valence-electron chi connectivity index (χ4n) is 6.47. The number of carbonyl (C=O) groups excluding carboxylic acids is 3. The van der Waals surface area contributed by atoms with Crippen LogP contribution in [0.25, 0.3) is 0 Å². The van der Waals surface area contributed by atoms with E-state index in [1.807, 2.05) is 12.1 Å². The molecule has 2 saturated heterocycles. The van der Waals surface area contributed by atoms with Crippen LogP contribution in [-0.4, -0.2) is 53.2 Å². The Hall–Kier alpha value is -3.03. The van der Waals surface area contributed by atoms with Gasteiger partial charge in [0.05, 0.1) is 12.2 Å². The van der Waals surface area contributed by atoms with Crippen LogP contribution in [0.1, 0.15) is 71.1 Å². The van der Waals surface area contributed by atoms with Crippen LogP contribution in [0, 0.1) is 0 Å². The second kappa shape index (κ2) is 9.45. The summed E-state index contributed by atoms with van der Waals surface area (Å²) in [6.07, 6.45) is 5.87. The van der Waals surface area contributed by atoms with Gasteiger partial charge in [-0.3, -0.25) is 19.7 Å². The Kier molecular flexibility index (Phi) is 6.13. The van der Waals surface area contributed by atoms with Gasteiger partial charge < -0.3 is 14.5 Å². The van der Waals surface area contributed by atoms with E-state index in [1.165, 1.54) is 16.7 Å². The summed E-state index contributed by atoms with van der Waals surface area (Å²) in [7, 11) is 0. The number of carbonyl (C=O) groups is 3. The second-order valence-corrected chi connectivity index (χ2v) is 10.6. The molecule has 2 aromatic carbocycles. The van der Waals surface area contributed by atoms with Gasteiger partial charge in [0.1, 0.15) is 6.04 Å². The van der Waals surface area contributed by atoms with Crippen molar-refractivity contribution in [1.29, 1.82) is 0 Å². The molecule has 3 amide bonds. The van der Waals surface area contributed by atoms with E-state index in [0.717, 1.165) is 63.9 Å². The highest BCUT2D eigenvalue weighted by Crippen LogP contribution is 2.44. The van der Waals surface area contributed by atoms with Crippen molar-refractivity contribution in [3.8, 4) is 0 Å². The maximum Gasteiger partial charge on any atom is 0.255 e. The molecule has 36 heavy (non-hydrogen) atoms. The van der Waals surface area contributed by atoms with E-state index in [9.17, 15) is 14.4 Å². The third-order valence-electron chi connectivity index (χ3n) is 8.53. The SMILES string of the molecule is O=C1CCC(N2Cc3c(CCCCN4CCC5(CC4)OCc4ccccc45)cccc3C2=O)C(=O)N1. The molecule has 7 heteroatoms. The lowest BCUT2D eigenvalue weighted by molar-refractivity contribution is -0.136. The van der Waals surface area contributed by atoms with Crippen LogP contribution in [-0.2, 0) is 39.5 Å². The second-order valence-electron chi connectivity index (χ2n) is 10.6. The number of likely N-dealkylation sites (tertiary alicyclic amines) is 1. The first-order chi connectivity index (χ1) is 17.5. The van der Waals surface area contributed by atoms with Crippen LogP contribution >= 0.6 is 0 Å². The van der Waals surface area contributed by atoms with E-state index in [1.54, 1.807) is 4.90 Å². The van der Waals surface area contributed by atoms with Crippen LogP contribution in [0.3, 0.4) is 0 Å². The number of piperidine rings is 2. The summed E-state index contributed by atoms with van der Waals surface area (Å²) in [5.74, 6) is -0.714. The fourth-order valence-corrected chi connectivity index (χ4v) is 6.47. The van der Waals surface area contributed by atoms with Gasteiger partial charge >= 0.3 is 0 Å². The van der Waals surface area contributed by atoms with Gasteiger partial charge in [0.2, 0.25) is 11.8 Å². The number of hydrogen-bond acceptors (Lipinski definition) is 5. The van der Waals surface area contributed by atoms with Crippen molar-refractivity contribution < 1.29 is 19.1 Å². The molecule has 7 nitrogen and oxygen atoms in total. The number of hydrogen-bond donors (Lipinski definition) is 1. The number of nitrogens with zero attached hydrogens (tertiary/aromatic N) is 2. The molecule has 4 aliphatic heterocycles. The molecule has 1 unspecified atom stereocenters. The largest absolute Gasteiger partial charge is 0.365 e. The minimum Gasteiger partial charge on any atom is -0.365 e. The molecule has 6 rings (SSSR count). The van der Waals surface area contributed by atoms with Gasteiger partial charge in [-0.2, -0.15) is 0 Å². The Morgan fingerprint density at radius 1 is 1.00 bits per heavy atom. The number of amides is 3. The summed E-state index contributed by atoms with van der Waals surface area (Å²) >= 11 is 0. The van der Waals surface area contributed by atoms with Crippen molar-refractivity contribution in [1.82, 2.24) is 15.1 Å². The van der Waals surface area contributed by atoms with E-state index in [4.69, 9.17) is 4.74 Å². The third-order valence-corrected chi connectivity index (χ3v) is 8.53. The minimum absolute atomic E-state index is 0.0847. The van der Waals surface area contributed by atoms with E-state index < -0.39 is 6.04 Å². The number of benzene rings is 2. The number of fused-ring (bicyclic) bond motifs is 3. The number of ether oxygens (including phenoxy) is 1. The lowest BCUT2D eigenvalue weighted by Crippen LogP contribution is -2.52. The molecular formula is C29H33N3O4. The number of nitrogens with one attached hydrogen (secondary N) is 1. The zero-order valence-corrected chi connectivity index (χ0v) is 20.6. The lowest BCUT2D eigenvalue weighted by atomic mass is 9.84. The summed E-state index contributed by atoms with van der Waals surface area (Å²) in [5.41, 5.74) is 5.60. The van der Waals surface area contributed by atoms with Gasteiger partial charge in [-0.25, -0.2) is 0 Å². The molecule has 2 aromatic rings. The molecule has 0 aliphatic carbocycles. The lowest BCUT2D eigenvalue weighted by Gasteiger charge is -2.39. The van der Waals surface area contributed by atoms with Crippen LogP contribution in [0.2, 0.25) is 0 Å². The summed E-state index contributed by atoms with van der Waals surface area (Å²) in [4.78, 5) is 41.1. The third kappa shape index (κ3) is 4.14. The van der Waals surface area contributed by atoms with Gasteiger partial charge in [-0.15, -0.1) is 0 Å². The summed E-state index contributed by atoms with van der Waals surface area (Å²) in [5, 5.41) is 2.38. The Morgan fingerprint density at radius 2 is 1.83 bits per heavy atom. The molecule has 0 aromatic heterocycles. The Labute approximate surface area is 211 Å². The molecule has 4 heterocycles. The standard InChI is InChI=1S/C29H33N3O4/c33-26-12-11-25(27(34)30-26)32-18-23-20(8-5-9-22(23)28(32)35)6-3-4-15-31-16-13-29(14-17-31)24-10-2-1-7-21(24)19-36-29/h1-2,5,7-10,25H,3-4,6,11-19H2,(H,30,33,34). The summed E-state index contributed by atoms with van der Waals surface area (Å²) < 4.78 is 6.30. The molecule has 0 bridgehead atoms. The quantitative estimate of drug-likeness (QED) is 0.500. The van der Waals surface area contributed by atoms with Crippen LogP contribution < -0.4 is 5.32 Å². The zero-order valence-electron chi connectivity index (χ0n) is 20.6. The van der Waals surface area contributed by atoms with Crippen LogP contribution in [0.4, 0.5) is 0 Å². The van der Waals surface area contributed by atoms with E-state index in [-0.39, 0.29) is 29.7 Å². The normalized spacial score (nSPS) is 23.2. The fraction of sp³-hybridized carbons (Fsp3) is 0.483. The number of aryl methyl sites for hydroxylation is 1. The van der Waals surface area contributed by atoms with Gasteiger partial charge in [0.25, 0.3) is 5.91 Å². The first-order valence-corrected chi connectivity index (χ1v) is 13.2. The average molecular weight is 488 g/mol. The molecule has 1 spiro atoms. The maximum atomic E-state index is 13.0. The molecule has 2 fully saturated rings. The molecule has 4 aliphatic rings. The first-order valence-electron chi connectivity index (χ1n) is 13.2. The Balaban J connectivity index is 1.01. The maximum absolute atomic E-state index is 13.0. The Bertz CT molecular complexity index is 1200. The van der Waals surface area contributed by atoms with Crippen molar-refractivity contribution >= 4 is 17.7 Å². The number of rotatable bonds is 6. The predicted octanol–water partition coefficient (Wildman–Crippen LogP) is 3.29. The topological polar surface area (TPSA) is 79.0 Å². The van der Waals surface area contributed by atoms with E-state index in [0.29, 0.717) is 18.5 Å². The number of imide groups is 1.